The molecule has 0 aromatic carbocycles. The lowest BCUT2D eigenvalue weighted by Gasteiger charge is -2.02. The van der Waals surface area contributed by atoms with E-state index in [9.17, 15) is 4.79 Å². The monoisotopic (exact) mass is 249 g/mol. The third kappa shape index (κ3) is 3.45. The second kappa shape index (κ2) is 6.74. The van der Waals surface area contributed by atoms with Crippen molar-refractivity contribution in [2.45, 2.75) is 57.9 Å². The zero-order valence-corrected chi connectivity index (χ0v) is 11.0. The van der Waals surface area contributed by atoms with Gasteiger partial charge >= 0.3 is 0 Å². The maximum atomic E-state index is 11.9. The fourth-order valence-corrected chi connectivity index (χ4v) is 2.63. The lowest BCUT2D eigenvalue weighted by atomic mass is 10.1. The van der Waals surface area contributed by atoms with Crippen LogP contribution in [0.5, 0.6) is 0 Å². The molecule has 1 aromatic rings. The number of rotatable bonds is 6. The third-order valence-corrected chi connectivity index (χ3v) is 3.69. The summed E-state index contributed by atoms with van der Waals surface area (Å²) in [5.41, 5.74) is 2.20. The Morgan fingerprint density at radius 1 is 1.06 bits per heavy atom. The fourth-order valence-electron chi connectivity index (χ4n) is 2.63. The molecule has 18 heavy (non-hydrogen) atoms. The molecule has 1 aliphatic carbocycles. The van der Waals surface area contributed by atoms with Crippen molar-refractivity contribution in [1.29, 1.82) is 0 Å². The molecule has 0 fully saturated rings. The molecule has 0 atom stereocenters. The van der Waals surface area contributed by atoms with Gasteiger partial charge in [0, 0.05) is 37.5 Å². The van der Waals surface area contributed by atoms with E-state index in [1.54, 1.807) is 0 Å². The van der Waals surface area contributed by atoms with E-state index in [1.165, 1.54) is 5.56 Å². The van der Waals surface area contributed by atoms with Crippen molar-refractivity contribution < 1.29 is 9.90 Å². The molecule has 1 heterocycles. The second-order valence-electron chi connectivity index (χ2n) is 5.20. The van der Waals surface area contributed by atoms with Crippen LogP contribution >= 0.6 is 0 Å². The molecule has 1 aliphatic rings. The lowest BCUT2D eigenvalue weighted by molar-refractivity contribution is 0.0982. The van der Waals surface area contributed by atoms with Crippen LogP contribution in [0.1, 0.15) is 60.9 Å². The minimum atomic E-state index is 0.298. The van der Waals surface area contributed by atoms with Crippen LogP contribution in [0.2, 0.25) is 0 Å². The number of carbonyl (C=O) groups excluding carboxylic acids is 1. The Morgan fingerprint density at radius 2 is 1.83 bits per heavy atom. The average Bonchev–Trinajstić information content (AvgIpc) is 2.70. The summed E-state index contributed by atoms with van der Waals surface area (Å²) >= 11 is 0. The number of Topliss-reactive ketones (excluding diaryl/α,β-unsaturated/α-hetero) is 1. The van der Waals surface area contributed by atoms with E-state index in [2.05, 4.69) is 10.8 Å². The van der Waals surface area contributed by atoms with E-state index in [-0.39, 0.29) is 0 Å². The maximum Gasteiger partial charge on any atom is 0.164 e. The number of aliphatic hydroxyl groups is 1. The largest absolute Gasteiger partial charge is 0.396 e. The zero-order chi connectivity index (χ0) is 12.8. The number of nitrogens with zero attached hydrogens (tertiary/aromatic N) is 1. The van der Waals surface area contributed by atoms with E-state index in [0.717, 1.165) is 57.1 Å². The highest BCUT2D eigenvalue weighted by Crippen LogP contribution is 2.21. The molecule has 1 N–H and O–H groups in total. The molecule has 0 unspecified atom stereocenters. The first-order valence-corrected chi connectivity index (χ1v) is 7.14. The Labute approximate surface area is 109 Å². The van der Waals surface area contributed by atoms with Crippen molar-refractivity contribution >= 4 is 5.78 Å². The molecule has 3 heteroatoms. The molecule has 0 radical (unpaired) electrons. The van der Waals surface area contributed by atoms with Gasteiger partial charge in [0.05, 0.1) is 0 Å². The number of hydrogen-bond acceptors (Lipinski definition) is 2. The van der Waals surface area contributed by atoms with Crippen LogP contribution in [0.25, 0.3) is 0 Å². The summed E-state index contributed by atoms with van der Waals surface area (Å²) in [5, 5.41) is 8.71. The Balaban J connectivity index is 1.87. The number of ketones is 1. The minimum absolute atomic E-state index is 0.298. The summed E-state index contributed by atoms with van der Waals surface area (Å²) in [6.07, 6.45) is 12.4. The number of aliphatic hydroxyl groups excluding tert-OH is 1. The number of hydrogen-bond donors (Lipinski definition) is 1. The van der Waals surface area contributed by atoms with Gasteiger partial charge in [0.1, 0.15) is 0 Å². The van der Waals surface area contributed by atoms with Crippen LogP contribution in [0.3, 0.4) is 0 Å². The first kappa shape index (κ1) is 13.3. The Hall–Kier alpha value is -1.09. The maximum absolute atomic E-state index is 11.9. The summed E-state index contributed by atoms with van der Waals surface area (Å²) < 4.78 is 2.17. The fraction of sp³-hybridized carbons (Fsp3) is 0.667. The normalized spacial score (nSPS) is 15.5. The van der Waals surface area contributed by atoms with Crippen molar-refractivity contribution in [3.8, 4) is 0 Å². The highest BCUT2D eigenvalue weighted by Gasteiger charge is 2.17. The summed E-state index contributed by atoms with van der Waals surface area (Å²) in [5.74, 6) is 0.321. The number of fused-ring (bicyclic) bond motifs is 1. The van der Waals surface area contributed by atoms with Crippen LogP contribution in [0.15, 0.2) is 12.4 Å². The molecular formula is C15H23NO2. The number of unbranched alkanes of at least 4 members (excludes halogenated alkanes) is 3. The van der Waals surface area contributed by atoms with Crippen molar-refractivity contribution in [1.82, 2.24) is 4.57 Å². The second-order valence-corrected chi connectivity index (χ2v) is 5.20. The Bertz CT molecular complexity index is 395. The summed E-state index contributed by atoms with van der Waals surface area (Å²) in [6, 6.07) is 0. The van der Waals surface area contributed by atoms with E-state index in [1.807, 2.05) is 6.20 Å². The van der Waals surface area contributed by atoms with Crippen molar-refractivity contribution in [2.75, 3.05) is 6.61 Å². The summed E-state index contributed by atoms with van der Waals surface area (Å²) in [7, 11) is 0. The Morgan fingerprint density at radius 3 is 2.67 bits per heavy atom. The van der Waals surface area contributed by atoms with Gasteiger partial charge in [-0.25, -0.2) is 0 Å². The lowest BCUT2D eigenvalue weighted by Crippen LogP contribution is -1.98. The molecule has 0 spiro atoms. The summed E-state index contributed by atoms with van der Waals surface area (Å²) in [4.78, 5) is 11.9. The molecule has 3 nitrogen and oxygen atoms in total. The topological polar surface area (TPSA) is 42.2 Å². The van der Waals surface area contributed by atoms with E-state index in [4.69, 9.17) is 5.11 Å². The first-order valence-electron chi connectivity index (χ1n) is 7.14. The van der Waals surface area contributed by atoms with Gasteiger partial charge in [-0.2, -0.15) is 0 Å². The van der Waals surface area contributed by atoms with Crippen molar-refractivity contribution in [3.63, 3.8) is 0 Å². The van der Waals surface area contributed by atoms with E-state index >= 15 is 0 Å². The van der Waals surface area contributed by atoms with Gasteiger partial charge in [-0.05, 0) is 37.7 Å². The molecule has 0 aliphatic heterocycles. The first-order chi connectivity index (χ1) is 8.81. The minimum Gasteiger partial charge on any atom is -0.396 e. The van der Waals surface area contributed by atoms with Crippen LogP contribution in [0.4, 0.5) is 0 Å². The molecule has 2 rings (SSSR count). The molecular weight excluding hydrogens is 226 g/mol. The third-order valence-electron chi connectivity index (χ3n) is 3.69. The Kier molecular flexibility index (Phi) is 5.00. The average molecular weight is 249 g/mol. The van der Waals surface area contributed by atoms with Crippen LogP contribution in [-0.4, -0.2) is 22.1 Å². The van der Waals surface area contributed by atoms with Gasteiger partial charge in [-0.15, -0.1) is 0 Å². The number of carbonyl (C=O) groups is 1. The quantitative estimate of drug-likeness (QED) is 0.622. The standard InChI is InChI=1S/C15H23NO2/c17-10-6-2-1-5-9-16-11-13-7-3-4-8-15(18)14(13)12-16/h11-12,17H,1-10H2. The SMILES string of the molecule is O=C1CCCCc2cn(CCCCCCO)cc21. The molecule has 1 aromatic heterocycles. The zero-order valence-electron chi connectivity index (χ0n) is 11.0. The van der Waals surface area contributed by atoms with Gasteiger partial charge in [0.2, 0.25) is 0 Å². The summed E-state index contributed by atoms with van der Waals surface area (Å²) in [6.45, 7) is 1.29. The van der Waals surface area contributed by atoms with Gasteiger partial charge in [-0.1, -0.05) is 12.8 Å². The van der Waals surface area contributed by atoms with Crippen molar-refractivity contribution in [3.05, 3.63) is 23.5 Å². The van der Waals surface area contributed by atoms with E-state index in [0.29, 0.717) is 18.8 Å². The highest BCUT2D eigenvalue weighted by atomic mass is 16.2. The van der Waals surface area contributed by atoms with Gasteiger partial charge in [0.15, 0.2) is 5.78 Å². The predicted octanol–water partition coefficient (Wildman–Crippen LogP) is 2.95. The van der Waals surface area contributed by atoms with Crippen molar-refractivity contribution in [2.24, 2.45) is 0 Å². The van der Waals surface area contributed by atoms with Gasteiger partial charge in [0.25, 0.3) is 0 Å². The smallest absolute Gasteiger partial charge is 0.164 e. The van der Waals surface area contributed by atoms with Gasteiger partial charge in [-0.3, -0.25) is 4.79 Å². The molecule has 100 valence electrons. The molecule has 0 amide bonds. The number of aryl methyl sites for hydroxylation is 2. The predicted molar refractivity (Wildman–Crippen MR) is 71.9 cm³/mol. The molecule has 0 saturated heterocycles. The van der Waals surface area contributed by atoms with Crippen LogP contribution < -0.4 is 0 Å². The van der Waals surface area contributed by atoms with Crippen LogP contribution in [0, 0.1) is 0 Å². The van der Waals surface area contributed by atoms with Gasteiger partial charge < -0.3 is 9.67 Å². The highest BCUT2D eigenvalue weighted by molar-refractivity contribution is 5.97. The molecule has 0 saturated carbocycles. The number of aromatic nitrogens is 1. The molecule has 0 bridgehead atoms. The van der Waals surface area contributed by atoms with Crippen LogP contribution in [-0.2, 0) is 13.0 Å². The van der Waals surface area contributed by atoms with E-state index < -0.39 is 0 Å².